The Hall–Kier alpha value is -0.340. The zero-order valence-electron chi connectivity index (χ0n) is 13.0. The minimum absolute atomic E-state index is 0.184. The third kappa shape index (κ3) is 5.27. The van der Waals surface area contributed by atoms with E-state index in [1.54, 1.807) is 0 Å². The summed E-state index contributed by atoms with van der Waals surface area (Å²) in [6.07, 6.45) is 3.53. The number of halogens is 1. The lowest BCUT2D eigenvalue weighted by Crippen LogP contribution is -2.44. The average molecular weight is 326 g/mol. The summed E-state index contributed by atoms with van der Waals surface area (Å²) in [5.41, 5.74) is 1.95. The van der Waals surface area contributed by atoms with Gasteiger partial charge in [0.15, 0.2) is 0 Å². The van der Waals surface area contributed by atoms with Crippen LogP contribution in [0.1, 0.15) is 53.0 Å². The molecular formula is C17H28BrN. The molecule has 0 aromatic heterocycles. The van der Waals surface area contributed by atoms with E-state index < -0.39 is 0 Å². The van der Waals surface area contributed by atoms with E-state index in [4.69, 9.17) is 0 Å². The molecule has 0 aliphatic carbocycles. The molecule has 1 aromatic carbocycles. The van der Waals surface area contributed by atoms with Crippen LogP contribution in [0, 0.1) is 5.41 Å². The van der Waals surface area contributed by atoms with E-state index in [1.807, 2.05) is 0 Å². The number of rotatable bonds is 6. The highest BCUT2D eigenvalue weighted by Gasteiger charge is 2.28. The molecule has 0 spiro atoms. The van der Waals surface area contributed by atoms with Gasteiger partial charge in [0.2, 0.25) is 0 Å². The molecule has 1 N–H and O–H groups in total. The monoisotopic (exact) mass is 325 g/mol. The van der Waals surface area contributed by atoms with Crippen molar-refractivity contribution in [1.82, 2.24) is 5.32 Å². The fraction of sp³-hybridized carbons (Fsp3) is 0.647. The quantitative estimate of drug-likeness (QED) is 0.759. The van der Waals surface area contributed by atoms with E-state index in [1.165, 1.54) is 22.9 Å². The van der Waals surface area contributed by atoms with Gasteiger partial charge in [-0.3, -0.25) is 0 Å². The molecule has 2 heteroatoms. The fourth-order valence-corrected chi connectivity index (χ4v) is 2.74. The van der Waals surface area contributed by atoms with Gasteiger partial charge in [-0.05, 0) is 57.1 Å². The highest BCUT2D eigenvalue weighted by atomic mass is 79.9. The smallest absolute Gasteiger partial charge is 0.0207 e. The van der Waals surface area contributed by atoms with Crippen molar-refractivity contribution >= 4 is 15.9 Å². The first-order valence-electron chi connectivity index (χ1n) is 7.30. The number of nitrogens with one attached hydrogen (secondary N) is 1. The molecule has 0 saturated carbocycles. The Morgan fingerprint density at radius 3 is 2.11 bits per heavy atom. The van der Waals surface area contributed by atoms with Crippen LogP contribution in [0.3, 0.4) is 0 Å². The Bertz CT molecular complexity index is 388. The average Bonchev–Trinajstić information content (AvgIpc) is 2.36. The highest BCUT2D eigenvalue weighted by Crippen LogP contribution is 2.33. The van der Waals surface area contributed by atoms with Gasteiger partial charge in [0.05, 0.1) is 0 Å². The van der Waals surface area contributed by atoms with Gasteiger partial charge < -0.3 is 5.32 Å². The Morgan fingerprint density at radius 2 is 1.63 bits per heavy atom. The molecule has 1 nitrogen and oxygen atoms in total. The molecule has 108 valence electrons. The first-order valence-corrected chi connectivity index (χ1v) is 8.09. The summed E-state index contributed by atoms with van der Waals surface area (Å²) in [7, 11) is 0. The van der Waals surface area contributed by atoms with Crippen molar-refractivity contribution in [3.63, 3.8) is 0 Å². The molecule has 0 saturated heterocycles. The zero-order valence-corrected chi connectivity index (χ0v) is 14.6. The van der Waals surface area contributed by atoms with Crippen molar-refractivity contribution in [2.75, 3.05) is 6.54 Å². The van der Waals surface area contributed by atoms with Crippen LogP contribution in [0.2, 0.25) is 0 Å². The summed E-state index contributed by atoms with van der Waals surface area (Å²) < 4.78 is 1.23. The van der Waals surface area contributed by atoms with Crippen LogP contribution >= 0.6 is 15.9 Å². The van der Waals surface area contributed by atoms with Gasteiger partial charge in [-0.1, -0.05) is 48.0 Å². The van der Waals surface area contributed by atoms with Crippen LogP contribution < -0.4 is 5.32 Å². The van der Waals surface area contributed by atoms with Crippen molar-refractivity contribution in [1.29, 1.82) is 0 Å². The van der Waals surface area contributed by atoms with Gasteiger partial charge in [0.25, 0.3) is 0 Å². The number of hydrogen-bond acceptors (Lipinski definition) is 1. The highest BCUT2D eigenvalue weighted by molar-refractivity contribution is 9.10. The molecule has 1 aromatic rings. The van der Waals surface area contributed by atoms with Gasteiger partial charge in [0, 0.05) is 16.6 Å². The maximum Gasteiger partial charge on any atom is 0.0207 e. The summed E-state index contributed by atoms with van der Waals surface area (Å²) in [6.45, 7) is 12.4. The second-order valence-corrected chi connectivity index (χ2v) is 7.43. The van der Waals surface area contributed by atoms with Crippen LogP contribution in [0.15, 0.2) is 28.7 Å². The lowest BCUT2D eigenvalue weighted by molar-refractivity contribution is 0.220. The fourth-order valence-electron chi connectivity index (χ4n) is 2.31. The van der Waals surface area contributed by atoms with Gasteiger partial charge in [0.1, 0.15) is 0 Å². The molecule has 0 aliphatic heterocycles. The molecule has 0 aliphatic rings. The maximum atomic E-state index is 3.69. The molecule has 0 unspecified atom stereocenters. The Balaban J connectivity index is 2.85. The largest absolute Gasteiger partial charge is 0.312 e. The van der Waals surface area contributed by atoms with Crippen LogP contribution in [0.4, 0.5) is 0 Å². The lowest BCUT2D eigenvalue weighted by Gasteiger charge is -2.36. The van der Waals surface area contributed by atoms with Crippen molar-refractivity contribution in [3.8, 4) is 0 Å². The molecule has 0 atom stereocenters. The van der Waals surface area contributed by atoms with E-state index in [9.17, 15) is 0 Å². The van der Waals surface area contributed by atoms with Gasteiger partial charge in [-0.25, -0.2) is 0 Å². The molecular weight excluding hydrogens is 298 g/mol. The van der Waals surface area contributed by atoms with E-state index >= 15 is 0 Å². The van der Waals surface area contributed by atoms with Crippen LogP contribution in [0.25, 0.3) is 0 Å². The predicted molar refractivity (Wildman–Crippen MR) is 88.6 cm³/mol. The zero-order chi connectivity index (χ0) is 14.5. The van der Waals surface area contributed by atoms with E-state index in [0.717, 1.165) is 13.0 Å². The summed E-state index contributed by atoms with van der Waals surface area (Å²) in [6, 6.07) is 8.60. The van der Waals surface area contributed by atoms with Crippen molar-refractivity contribution in [2.45, 2.75) is 59.4 Å². The third-order valence-electron chi connectivity index (χ3n) is 4.02. The van der Waals surface area contributed by atoms with E-state index in [0.29, 0.717) is 5.41 Å². The molecule has 0 radical (unpaired) electrons. The van der Waals surface area contributed by atoms with Gasteiger partial charge in [-0.2, -0.15) is 0 Å². The second kappa shape index (κ2) is 6.90. The summed E-state index contributed by atoms with van der Waals surface area (Å²) >= 11 is 3.68. The summed E-state index contributed by atoms with van der Waals surface area (Å²) in [5, 5.41) is 3.69. The predicted octanol–water partition coefficient (Wildman–Crippen LogP) is 5.19. The van der Waals surface area contributed by atoms with Gasteiger partial charge >= 0.3 is 0 Å². The second-order valence-electron chi connectivity index (χ2n) is 6.58. The van der Waals surface area contributed by atoms with E-state index in [2.05, 4.69) is 80.1 Å². The molecule has 0 bridgehead atoms. The maximum absolute atomic E-state index is 3.69. The van der Waals surface area contributed by atoms with Gasteiger partial charge in [-0.15, -0.1) is 0 Å². The summed E-state index contributed by atoms with van der Waals surface area (Å²) in [4.78, 5) is 0. The number of hydrogen-bond donors (Lipinski definition) is 1. The molecule has 1 rings (SSSR count). The topological polar surface area (TPSA) is 12.0 Å². The Morgan fingerprint density at radius 1 is 1.05 bits per heavy atom. The van der Waals surface area contributed by atoms with Crippen molar-refractivity contribution in [2.24, 2.45) is 5.41 Å². The van der Waals surface area contributed by atoms with Crippen LogP contribution in [-0.4, -0.2) is 12.1 Å². The van der Waals surface area contributed by atoms with Crippen molar-refractivity contribution in [3.05, 3.63) is 34.3 Å². The normalized spacial score (nSPS) is 12.7. The SMILES string of the molecule is CCC(CC)(CNC(C)(C)C)Cc1ccccc1Br. The first-order chi connectivity index (χ1) is 8.82. The van der Waals surface area contributed by atoms with E-state index in [-0.39, 0.29) is 5.54 Å². The third-order valence-corrected chi connectivity index (χ3v) is 4.79. The minimum Gasteiger partial charge on any atom is -0.312 e. The Kier molecular flexibility index (Phi) is 6.07. The van der Waals surface area contributed by atoms with Crippen molar-refractivity contribution < 1.29 is 0 Å². The standard InChI is InChI=1S/C17H28BrN/c1-6-17(7-2,13-19-16(3,4)5)12-14-10-8-9-11-15(14)18/h8-11,19H,6-7,12-13H2,1-5H3. The number of benzene rings is 1. The first kappa shape index (κ1) is 16.7. The Labute approximate surface area is 127 Å². The summed E-state index contributed by atoms with van der Waals surface area (Å²) in [5.74, 6) is 0. The molecule has 0 amide bonds. The van der Waals surface area contributed by atoms with Crippen LogP contribution in [-0.2, 0) is 6.42 Å². The van der Waals surface area contributed by atoms with Crippen LogP contribution in [0.5, 0.6) is 0 Å². The molecule has 19 heavy (non-hydrogen) atoms. The minimum atomic E-state index is 0.184. The molecule has 0 heterocycles. The molecule has 0 fully saturated rings. The lowest BCUT2D eigenvalue weighted by atomic mass is 9.76.